The third-order valence-electron chi connectivity index (χ3n) is 3.81. The summed E-state index contributed by atoms with van der Waals surface area (Å²) < 4.78 is 58.6. The van der Waals surface area contributed by atoms with Gasteiger partial charge in [0.25, 0.3) is 0 Å². The lowest BCUT2D eigenvalue weighted by Gasteiger charge is -2.11. The molecule has 0 saturated heterocycles. The molecule has 0 aliphatic heterocycles. The summed E-state index contributed by atoms with van der Waals surface area (Å²) in [5, 5.41) is 0.257. The van der Waals surface area contributed by atoms with Gasteiger partial charge in [0.05, 0.1) is 16.9 Å². The van der Waals surface area contributed by atoms with Crippen molar-refractivity contribution in [2.75, 3.05) is 7.11 Å². The van der Waals surface area contributed by atoms with Gasteiger partial charge >= 0.3 is 0 Å². The molecule has 7 heteroatoms. The fourth-order valence-electron chi connectivity index (χ4n) is 2.54. The predicted molar refractivity (Wildman–Crippen MR) is 95.2 cm³/mol. The minimum Gasteiger partial charge on any atom is -0.496 e. The van der Waals surface area contributed by atoms with Gasteiger partial charge < -0.3 is 4.74 Å². The van der Waals surface area contributed by atoms with E-state index in [1.165, 1.54) is 49.6 Å². The maximum absolute atomic E-state index is 14.6. The molecule has 134 valence electrons. The smallest absolute Gasteiger partial charge is 0.206 e. The lowest BCUT2D eigenvalue weighted by atomic mass is 10.0. The van der Waals surface area contributed by atoms with Crippen molar-refractivity contribution >= 4 is 21.4 Å². The van der Waals surface area contributed by atoms with Crippen molar-refractivity contribution in [1.82, 2.24) is 0 Å². The molecule has 0 amide bonds. The highest BCUT2D eigenvalue weighted by atomic mass is 35.5. The second-order valence-corrected chi connectivity index (χ2v) is 7.83. The minimum absolute atomic E-state index is 0.0337. The number of methoxy groups -OCH3 is 1. The van der Waals surface area contributed by atoms with Crippen LogP contribution >= 0.6 is 11.6 Å². The molecule has 0 unspecified atom stereocenters. The van der Waals surface area contributed by atoms with E-state index in [-0.39, 0.29) is 31.7 Å². The summed E-state index contributed by atoms with van der Waals surface area (Å²) in [6.07, 6.45) is 0. The van der Waals surface area contributed by atoms with Crippen LogP contribution in [0.5, 0.6) is 5.75 Å². The van der Waals surface area contributed by atoms with E-state index < -0.39 is 21.5 Å². The topological polar surface area (TPSA) is 43.4 Å². The number of ether oxygens (including phenoxy) is 1. The fourth-order valence-corrected chi connectivity index (χ4v) is 4.12. The first-order chi connectivity index (χ1) is 12.3. The molecule has 0 aliphatic carbocycles. The van der Waals surface area contributed by atoms with Gasteiger partial charge in [-0.2, -0.15) is 0 Å². The Morgan fingerprint density at radius 2 is 1.62 bits per heavy atom. The van der Waals surface area contributed by atoms with Crippen LogP contribution < -0.4 is 4.74 Å². The number of hydrogen-bond donors (Lipinski definition) is 0. The summed E-state index contributed by atoms with van der Waals surface area (Å²) in [7, 11) is -2.55. The maximum atomic E-state index is 14.6. The molecule has 0 atom stereocenters. The number of halogens is 3. The monoisotopic (exact) mass is 394 g/mol. The quantitative estimate of drug-likeness (QED) is 0.616. The lowest BCUT2D eigenvalue weighted by molar-refractivity contribution is 0.415. The van der Waals surface area contributed by atoms with Gasteiger partial charge in [-0.3, -0.25) is 0 Å². The Labute approximate surface area is 154 Å². The van der Waals surface area contributed by atoms with Crippen molar-refractivity contribution in [2.45, 2.75) is 9.79 Å². The van der Waals surface area contributed by atoms with Crippen LogP contribution in [0.15, 0.2) is 70.5 Å². The molecule has 0 aliphatic rings. The van der Waals surface area contributed by atoms with Crippen molar-refractivity contribution in [2.24, 2.45) is 0 Å². The number of sulfone groups is 1. The lowest BCUT2D eigenvalue weighted by Crippen LogP contribution is -2.03. The standard InChI is InChI=1S/C19H13ClF2O3S/c1-25-19-8-5-13(21)10-17(19)16-7-6-15(11-18(16)22)26(23,24)14-4-2-3-12(20)9-14/h2-11H,1H3. The van der Waals surface area contributed by atoms with Gasteiger partial charge in [0, 0.05) is 16.1 Å². The Kier molecular flexibility index (Phi) is 4.98. The van der Waals surface area contributed by atoms with Gasteiger partial charge in [0.15, 0.2) is 0 Å². The summed E-state index contributed by atoms with van der Waals surface area (Å²) in [5.74, 6) is -1.09. The Hall–Kier alpha value is -2.44. The molecule has 3 rings (SSSR count). The Morgan fingerprint density at radius 3 is 2.27 bits per heavy atom. The van der Waals surface area contributed by atoms with Crippen LogP contribution in [0.1, 0.15) is 0 Å². The SMILES string of the molecule is COc1ccc(F)cc1-c1ccc(S(=O)(=O)c2cccc(Cl)c2)cc1F. The van der Waals surface area contributed by atoms with Crippen molar-refractivity contribution in [3.63, 3.8) is 0 Å². The van der Waals surface area contributed by atoms with E-state index in [4.69, 9.17) is 16.3 Å². The zero-order valence-electron chi connectivity index (χ0n) is 13.5. The summed E-state index contributed by atoms with van der Waals surface area (Å²) in [4.78, 5) is -0.267. The molecule has 0 saturated carbocycles. The minimum atomic E-state index is -3.94. The zero-order chi connectivity index (χ0) is 18.9. The normalized spacial score (nSPS) is 11.4. The van der Waals surface area contributed by atoms with Gasteiger partial charge in [-0.1, -0.05) is 17.7 Å². The van der Waals surface area contributed by atoms with Crippen molar-refractivity contribution < 1.29 is 21.9 Å². The molecule has 26 heavy (non-hydrogen) atoms. The Morgan fingerprint density at radius 1 is 0.885 bits per heavy atom. The highest BCUT2D eigenvalue weighted by Crippen LogP contribution is 2.34. The largest absolute Gasteiger partial charge is 0.496 e. The van der Waals surface area contributed by atoms with Crippen LogP contribution in [0, 0.1) is 11.6 Å². The molecule has 0 spiro atoms. The average Bonchev–Trinajstić information content (AvgIpc) is 2.61. The second kappa shape index (κ2) is 7.05. The molecular weight excluding hydrogens is 382 g/mol. The van der Waals surface area contributed by atoms with Crippen LogP contribution in [-0.2, 0) is 9.84 Å². The predicted octanol–water partition coefficient (Wildman–Crippen LogP) is 5.13. The molecule has 0 bridgehead atoms. The molecule has 0 radical (unpaired) electrons. The van der Waals surface area contributed by atoms with Crippen LogP contribution in [0.3, 0.4) is 0 Å². The average molecular weight is 395 g/mol. The molecule has 0 N–H and O–H groups in total. The highest BCUT2D eigenvalue weighted by molar-refractivity contribution is 7.91. The zero-order valence-corrected chi connectivity index (χ0v) is 15.1. The van der Waals surface area contributed by atoms with Gasteiger partial charge in [-0.05, 0) is 54.6 Å². The van der Waals surface area contributed by atoms with E-state index in [0.717, 1.165) is 12.1 Å². The number of benzene rings is 3. The molecule has 0 aromatic heterocycles. The summed E-state index contributed by atoms with van der Waals surface area (Å²) >= 11 is 5.84. The first-order valence-corrected chi connectivity index (χ1v) is 9.33. The molecule has 0 fully saturated rings. The van der Waals surface area contributed by atoms with Crippen molar-refractivity contribution in [3.05, 3.63) is 77.3 Å². The fraction of sp³-hybridized carbons (Fsp3) is 0.0526. The van der Waals surface area contributed by atoms with Gasteiger partial charge in [0.2, 0.25) is 9.84 Å². The maximum Gasteiger partial charge on any atom is 0.206 e. The molecule has 0 heterocycles. The van der Waals surface area contributed by atoms with E-state index in [0.29, 0.717) is 0 Å². The van der Waals surface area contributed by atoms with Crippen LogP contribution in [0.2, 0.25) is 5.02 Å². The van der Waals surface area contributed by atoms with Gasteiger partial charge in [-0.25, -0.2) is 17.2 Å². The summed E-state index contributed by atoms with van der Waals surface area (Å²) in [5.41, 5.74) is 0.225. The van der Waals surface area contributed by atoms with Gasteiger partial charge in [0.1, 0.15) is 17.4 Å². The van der Waals surface area contributed by atoms with E-state index in [1.54, 1.807) is 6.07 Å². The van der Waals surface area contributed by atoms with E-state index in [9.17, 15) is 17.2 Å². The third kappa shape index (κ3) is 3.43. The van der Waals surface area contributed by atoms with Gasteiger partial charge in [-0.15, -0.1) is 0 Å². The number of hydrogen-bond acceptors (Lipinski definition) is 3. The third-order valence-corrected chi connectivity index (χ3v) is 5.79. The summed E-state index contributed by atoms with van der Waals surface area (Å²) in [6, 6.07) is 12.8. The van der Waals surface area contributed by atoms with Crippen molar-refractivity contribution in [3.8, 4) is 16.9 Å². The first kappa shape index (κ1) is 18.4. The molecule has 3 nitrogen and oxygen atoms in total. The van der Waals surface area contributed by atoms with Crippen LogP contribution in [-0.4, -0.2) is 15.5 Å². The highest BCUT2D eigenvalue weighted by Gasteiger charge is 2.21. The van der Waals surface area contributed by atoms with E-state index in [1.807, 2.05) is 0 Å². The van der Waals surface area contributed by atoms with E-state index in [2.05, 4.69) is 0 Å². The Balaban J connectivity index is 2.10. The second-order valence-electron chi connectivity index (χ2n) is 5.45. The Bertz CT molecular complexity index is 1080. The number of rotatable bonds is 4. The van der Waals surface area contributed by atoms with Crippen LogP contribution in [0.25, 0.3) is 11.1 Å². The van der Waals surface area contributed by atoms with Crippen molar-refractivity contribution in [1.29, 1.82) is 0 Å². The van der Waals surface area contributed by atoms with E-state index >= 15 is 0 Å². The molecule has 3 aromatic carbocycles. The van der Waals surface area contributed by atoms with Crippen LogP contribution in [0.4, 0.5) is 8.78 Å². The summed E-state index contributed by atoms with van der Waals surface area (Å²) in [6.45, 7) is 0. The molecule has 3 aromatic rings. The molecular formula is C19H13ClF2O3S. The first-order valence-electron chi connectivity index (χ1n) is 7.47.